The Bertz CT molecular complexity index is 662. The number of carbonyl (C=O) groups excluding carboxylic acids is 1. The number of hydrogen-bond acceptors (Lipinski definition) is 2. The summed E-state index contributed by atoms with van der Waals surface area (Å²) in [5.41, 5.74) is 1.79. The molecule has 0 fully saturated rings. The Morgan fingerprint density at radius 2 is 2.00 bits per heavy atom. The van der Waals surface area contributed by atoms with Crippen molar-refractivity contribution in [3.8, 4) is 5.75 Å². The molecule has 2 rings (SSSR count). The van der Waals surface area contributed by atoms with Crippen molar-refractivity contribution in [2.75, 3.05) is 5.32 Å². The molecule has 1 amide bonds. The van der Waals surface area contributed by atoms with Gasteiger partial charge in [0.05, 0.1) is 0 Å². The van der Waals surface area contributed by atoms with Gasteiger partial charge in [-0.15, -0.1) is 0 Å². The van der Waals surface area contributed by atoms with E-state index >= 15 is 0 Å². The fourth-order valence-corrected chi connectivity index (χ4v) is 2.25. The molecule has 0 spiro atoms. The molecule has 0 aliphatic carbocycles. The first-order valence-electron chi connectivity index (χ1n) is 6.08. The molecule has 2 aromatic carbocycles. The molecule has 3 nitrogen and oxygen atoms in total. The molecule has 110 valence electrons. The highest BCUT2D eigenvalue weighted by molar-refractivity contribution is 9.10. The summed E-state index contributed by atoms with van der Waals surface area (Å²) in [6, 6.07) is 11.1. The van der Waals surface area contributed by atoms with Crippen LogP contribution in [0.15, 0.2) is 46.9 Å². The topological polar surface area (TPSA) is 38.3 Å². The zero-order valence-corrected chi connectivity index (χ0v) is 12.7. The van der Waals surface area contributed by atoms with Crippen LogP contribution in [-0.2, 0) is 0 Å². The maximum Gasteiger partial charge on any atom is 0.387 e. The zero-order valence-electron chi connectivity index (χ0n) is 11.1. The third-order valence-electron chi connectivity index (χ3n) is 2.76. The lowest BCUT2D eigenvalue weighted by molar-refractivity contribution is -0.0498. The fraction of sp³-hybridized carbons (Fsp3) is 0.133. The number of aryl methyl sites for hydroxylation is 1. The van der Waals surface area contributed by atoms with Crippen LogP contribution >= 0.6 is 15.9 Å². The molecule has 0 saturated carbocycles. The van der Waals surface area contributed by atoms with E-state index in [1.165, 1.54) is 24.3 Å². The van der Waals surface area contributed by atoms with Gasteiger partial charge >= 0.3 is 6.61 Å². The number of ether oxygens (including phenoxy) is 1. The Balaban J connectivity index is 2.16. The molecule has 0 aliphatic rings. The van der Waals surface area contributed by atoms with Crippen LogP contribution in [0.5, 0.6) is 5.75 Å². The smallest absolute Gasteiger partial charge is 0.387 e. The number of halogens is 3. The first kappa shape index (κ1) is 15.4. The summed E-state index contributed by atoms with van der Waals surface area (Å²) in [6.07, 6.45) is 0. The van der Waals surface area contributed by atoms with E-state index in [0.717, 1.165) is 10.0 Å². The SMILES string of the molecule is Cc1cc(Br)ccc1NC(=O)c1cccc(OC(F)F)c1. The van der Waals surface area contributed by atoms with Crippen molar-refractivity contribution in [3.63, 3.8) is 0 Å². The second kappa shape index (κ2) is 6.67. The molecular formula is C15H12BrF2NO2. The molecule has 0 atom stereocenters. The first-order chi connectivity index (χ1) is 9.95. The third-order valence-corrected chi connectivity index (χ3v) is 3.25. The maximum absolute atomic E-state index is 12.2. The van der Waals surface area contributed by atoms with Crippen LogP contribution in [0.4, 0.5) is 14.5 Å². The van der Waals surface area contributed by atoms with Crippen molar-refractivity contribution in [2.45, 2.75) is 13.5 Å². The van der Waals surface area contributed by atoms with Crippen molar-refractivity contribution in [3.05, 3.63) is 58.1 Å². The van der Waals surface area contributed by atoms with Crippen molar-refractivity contribution < 1.29 is 18.3 Å². The van der Waals surface area contributed by atoms with Gasteiger partial charge in [0.15, 0.2) is 0 Å². The largest absolute Gasteiger partial charge is 0.435 e. The summed E-state index contributed by atoms with van der Waals surface area (Å²) in [4.78, 5) is 12.1. The highest BCUT2D eigenvalue weighted by Crippen LogP contribution is 2.22. The number of rotatable bonds is 4. The Kier molecular flexibility index (Phi) is 4.90. The van der Waals surface area contributed by atoms with E-state index in [0.29, 0.717) is 5.69 Å². The Hall–Kier alpha value is -1.95. The standard InChI is InChI=1S/C15H12BrF2NO2/c1-9-7-11(16)5-6-13(9)19-14(20)10-3-2-4-12(8-10)21-15(17)18/h2-8,15H,1H3,(H,19,20). The molecule has 1 N–H and O–H groups in total. The van der Waals surface area contributed by atoms with Crippen LogP contribution < -0.4 is 10.1 Å². The molecule has 0 radical (unpaired) electrons. The Morgan fingerprint density at radius 1 is 1.24 bits per heavy atom. The van der Waals surface area contributed by atoms with E-state index < -0.39 is 6.61 Å². The van der Waals surface area contributed by atoms with Gasteiger partial charge in [0.1, 0.15) is 5.75 Å². The summed E-state index contributed by atoms with van der Waals surface area (Å²) >= 11 is 3.34. The maximum atomic E-state index is 12.2. The van der Waals surface area contributed by atoms with Crippen molar-refractivity contribution >= 4 is 27.5 Å². The van der Waals surface area contributed by atoms with Crippen LogP contribution in [0.1, 0.15) is 15.9 Å². The quantitative estimate of drug-likeness (QED) is 0.869. The van der Waals surface area contributed by atoms with Crippen molar-refractivity contribution in [2.24, 2.45) is 0 Å². The fourth-order valence-electron chi connectivity index (χ4n) is 1.78. The second-order valence-electron chi connectivity index (χ2n) is 4.32. The third kappa shape index (κ3) is 4.26. The number of nitrogens with one attached hydrogen (secondary N) is 1. The zero-order chi connectivity index (χ0) is 15.4. The normalized spacial score (nSPS) is 10.5. The van der Waals surface area contributed by atoms with Crippen LogP contribution in [0.25, 0.3) is 0 Å². The lowest BCUT2D eigenvalue weighted by Crippen LogP contribution is -2.13. The highest BCUT2D eigenvalue weighted by Gasteiger charge is 2.10. The number of alkyl halides is 2. The van der Waals surface area contributed by atoms with Crippen molar-refractivity contribution in [1.82, 2.24) is 0 Å². The minimum absolute atomic E-state index is 0.0508. The van der Waals surface area contributed by atoms with E-state index in [4.69, 9.17) is 0 Å². The number of benzene rings is 2. The van der Waals surface area contributed by atoms with E-state index in [1.54, 1.807) is 12.1 Å². The predicted octanol–water partition coefficient (Wildman–Crippen LogP) is 4.61. The van der Waals surface area contributed by atoms with Crippen LogP contribution in [0, 0.1) is 6.92 Å². The predicted molar refractivity (Wildman–Crippen MR) is 79.9 cm³/mol. The van der Waals surface area contributed by atoms with Gasteiger partial charge in [-0.1, -0.05) is 22.0 Å². The average Bonchev–Trinajstić information content (AvgIpc) is 2.41. The van der Waals surface area contributed by atoms with Gasteiger partial charge in [-0.25, -0.2) is 0 Å². The highest BCUT2D eigenvalue weighted by atomic mass is 79.9. The summed E-state index contributed by atoms with van der Waals surface area (Å²) in [5.74, 6) is -0.440. The van der Waals surface area contributed by atoms with E-state index in [1.807, 2.05) is 13.0 Å². The molecule has 0 bridgehead atoms. The number of carbonyl (C=O) groups is 1. The average molecular weight is 356 g/mol. The number of amides is 1. The Labute approximate surface area is 129 Å². The summed E-state index contributed by atoms with van der Waals surface area (Å²) in [6.45, 7) is -1.06. The molecule has 0 saturated heterocycles. The minimum Gasteiger partial charge on any atom is -0.435 e. The van der Waals surface area contributed by atoms with Crippen LogP contribution in [0.3, 0.4) is 0 Å². The van der Waals surface area contributed by atoms with Gasteiger partial charge in [0, 0.05) is 15.7 Å². The van der Waals surface area contributed by atoms with Gasteiger partial charge in [-0.05, 0) is 48.9 Å². The van der Waals surface area contributed by atoms with Crippen LogP contribution in [-0.4, -0.2) is 12.5 Å². The summed E-state index contributed by atoms with van der Waals surface area (Å²) in [5, 5.41) is 2.73. The van der Waals surface area contributed by atoms with E-state index in [9.17, 15) is 13.6 Å². The molecule has 0 heterocycles. The van der Waals surface area contributed by atoms with E-state index in [-0.39, 0.29) is 17.2 Å². The van der Waals surface area contributed by atoms with E-state index in [2.05, 4.69) is 26.0 Å². The number of anilines is 1. The second-order valence-corrected chi connectivity index (χ2v) is 5.24. The van der Waals surface area contributed by atoms with Gasteiger partial charge in [-0.2, -0.15) is 8.78 Å². The van der Waals surface area contributed by atoms with Crippen molar-refractivity contribution in [1.29, 1.82) is 0 Å². The molecule has 6 heteroatoms. The van der Waals surface area contributed by atoms with Gasteiger partial charge in [0.25, 0.3) is 5.91 Å². The summed E-state index contributed by atoms with van der Waals surface area (Å²) in [7, 11) is 0. The van der Waals surface area contributed by atoms with Gasteiger partial charge in [-0.3, -0.25) is 4.79 Å². The monoisotopic (exact) mass is 355 g/mol. The minimum atomic E-state index is -2.92. The molecule has 21 heavy (non-hydrogen) atoms. The molecular weight excluding hydrogens is 344 g/mol. The Morgan fingerprint density at radius 3 is 2.67 bits per heavy atom. The molecule has 0 aromatic heterocycles. The van der Waals surface area contributed by atoms with Gasteiger partial charge in [0.2, 0.25) is 0 Å². The lowest BCUT2D eigenvalue weighted by atomic mass is 10.1. The van der Waals surface area contributed by atoms with Gasteiger partial charge < -0.3 is 10.1 Å². The first-order valence-corrected chi connectivity index (χ1v) is 6.87. The molecule has 0 aliphatic heterocycles. The lowest BCUT2D eigenvalue weighted by Gasteiger charge is -2.10. The molecule has 2 aromatic rings. The molecule has 0 unspecified atom stereocenters. The number of hydrogen-bond donors (Lipinski definition) is 1. The van der Waals surface area contributed by atoms with Crippen LogP contribution in [0.2, 0.25) is 0 Å². The summed E-state index contributed by atoms with van der Waals surface area (Å²) < 4.78 is 29.5.